The lowest BCUT2D eigenvalue weighted by molar-refractivity contribution is 0.121. The molecular formula is C20H28N4O. The van der Waals surface area contributed by atoms with Gasteiger partial charge in [0, 0.05) is 30.5 Å². The predicted octanol–water partition coefficient (Wildman–Crippen LogP) is 3.58. The van der Waals surface area contributed by atoms with Crippen molar-refractivity contribution < 1.29 is 4.42 Å². The molecule has 0 aliphatic carbocycles. The number of nitrogens with zero attached hydrogens (tertiary/aromatic N) is 4. The van der Waals surface area contributed by atoms with Gasteiger partial charge in [-0.15, -0.1) is 0 Å². The third-order valence-electron chi connectivity index (χ3n) is 5.56. The van der Waals surface area contributed by atoms with Gasteiger partial charge in [0.1, 0.15) is 0 Å². The molecule has 2 aromatic rings. The van der Waals surface area contributed by atoms with E-state index in [0.29, 0.717) is 11.9 Å². The minimum atomic E-state index is 0.665. The maximum absolute atomic E-state index is 5.37. The maximum Gasteiger partial charge on any atom is 0.195 e. The van der Waals surface area contributed by atoms with Crippen LogP contribution < -0.4 is 0 Å². The van der Waals surface area contributed by atoms with E-state index in [4.69, 9.17) is 4.42 Å². The molecule has 5 nitrogen and oxygen atoms in total. The highest BCUT2D eigenvalue weighted by molar-refractivity contribution is 5.45. The summed E-state index contributed by atoms with van der Waals surface area (Å²) in [5.41, 5.74) is 1.20. The Labute approximate surface area is 150 Å². The summed E-state index contributed by atoms with van der Waals surface area (Å²) < 4.78 is 5.37. The van der Waals surface area contributed by atoms with E-state index in [1.54, 1.807) is 6.26 Å². The topological polar surface area (TPSA) is 45.4 Å². The van der Waals surface area contributed by atoms with E-state index in [9.17, 15) is 0 Å². The smallest absolute Gasteiger partial charge is 0.195 e. The second-order valence-corrected chi connectivity index (χ2v) is 7.35. The van der Waals surface area contributed by atoms with Gasteiger partial charge in [0.25, 0.3) is 0 Å². The number of furan rings is 1. The summed E-state index contributed by atoms with van der Waals surface area (Å²) in [5.74, 6) is 1.39. The quantitative estimate of drug-likeness (QED) is 0.804. The molecular weight excluding hydrogens is 312 g/mol. The molecule has 134 valence electrons. The molecule has 4 rings (SSSR count). The highest BCUT2D eigenvalue weighted by Gasteiger charge is 2.24. The molecule has 1 atom stereocenters. The van der Waals surface area contributed by atoms with Crippen LogP contribution in [-0.4, -0.2) is 52.0 Å². The van der Waals surface area contributed by atoms with Crippen molar-refractivity contribution in [2.24, 2.45) is 0 Å². The molecule has 0 amide bonds. The molecule has 0 aromatic carbocycles. The van der Waals surface area contributed by atoms with Crippen LogP contribution in [0.3, 0.4) is 0 Å². The second kappa shape index (κ2) is 8.11. The van der Waals surface area contributed by atoms with Crippen molar-refractivity contribution in [3.05, 3.63) is 36.4 Å². The average molecular weight is 340 g/mol. The summed E-state index contributed by atoms with van der Waals surface area (Å²) >= 11 is 0. The van der Waals surface area contributed by atoms with E-state index in [0.717, 1.165) is 12.3 Å². The van der Waals surface area contributed by atoms with Crippen molar-refractivity contribution in [3.63, 3.8) is 0 Å². The third kappa shape index (κ3) is 4.28. The Bertz CT molecular complexity index is 634. The van der Waals surface area contributed by atoms with E-state index >= 15 is 0 Å². The highest BCUT2D eigenvalue weighted by Crippen LogP contribution is 2.23. The number of hydrogen-bond donors (Lipinski definition) is 0. The molecule has 0 spiro atoms. The summed E-state index contributed by atoms with van der Waals surface area (Å²) in [6, 6.07) is 4.47. The SMILES string of the molecule is c1coc(-c2ncc(CN3CCCC[C@H]3CCN3CCCC3)cn2)c1. The van der Waals surface area contributed by atoms with Gasteiger partial charge in [-0.25, -0.2) is 9.97 Å². The lowest BCUT2D eigenvalue weighted by Gasteiger charge is -2.36. The lowest BCUT2D eigenvalue weighted by Crippen LogP contribution is -2.41. The van der Waals surface area contributed by atoms with E-state index in [1.807, 2.05) is 24.5 Å². The fourth-order valence-corrected chi connectivity index (χ4v) is 4.14. The monoisotopic (exact) mass is 340 g/mol. The van der Waals surface area contributed by atoms with Crippen LogP contribution in [-0.2, 0) is 6.54 Å². The molecule has 2 aromatic heterocycles. The van der Waals surface area contributed by atoms with Crippen LogP contribution in [0.25, 0.3) is 11.6 Å². The Hall–Kier alpha value is -1.72. The van der Waals surface area contributed by atoms with Gasteiger partial charge in [0.2, 0.25) is 0 Å². The Morgan fingerprint density at radius 2 is 1.84 bits per heavy atom. The molecule has 0 unspecified atom stereocenters. The van der Waals surface area contributed by atoms with Crippen LogP contribution in [0.4, 0.5) is 0 Å². The third-order valence-corrected chi connectivity index (χ3v) is 5.56. The summed E-state index contributed by atoms with van der Waals surface area (Å²) in [7, 11) is 0. The minimum Gasteiger partial charge on any atom is -0.461 e. The van der Waals surface area contributed by atoms with Gasteiger partial charge < -0.3 is 9.32 Å². The first-order valence-corrected chi connectivity index (χ1v) is 9.70. The average Bonchev–Trinajstić information content (AvgIpc) is 3.36. The predicted molar refractivity (Wildman–Crippen MR) is 98.1 cm³/mol. The maximum atomic E-state index is 5.37. The number of hydrogen-bond acceptors (Lipinski definition) is 5. The van der Waals surface area contributed by atoms with Crippen molar-refractivity contribution in [1.82, 2.24) is 19.8 Å². The molecule has 2 aliphatic heterocycles. The summed E-state index contributed by atoms with van der Waals surface area (Å²) in [6.45, 7) is 6.02. The number of piperidine rings is 1. The zero-order valence-corrected chi connectivity index (χ0v) is 14.9. The van der Waals surface area contributed by atoms with E-state index in [-0.39, 0.29) is 0 Å². The normalized spacial score (nSPS) is 22.5. The summed E-state index contributed by atoms with van der Waals surface area (Å²) in [5, 5.41) is 0. The van der Waals surface area contributed by atoms with Crippen molar-refractivity contribution in [2.75, 3.05) is 26.2 Å². The first-order chi connectivity index (χ1) is 12.4. The molecule has 0 N–H and O–H groups in total. The molecule has 5 heteroatoms. The molecule has 0 saturated carbocycles. The standard InChI is InChI=1S/C20H28N4O/c1-2-11-24(18(6-1)8-12-23-9-3-4-10-23)16-17-14-21-20(22-15-17)19-7-5-13-25-19/h5,7,13-15,18H,1-4,6,8-12,16H2/t18-/m0/s1. The van der Waals surface area contributed by atoms with Crippen LogP contribution in [0, 0.1) is 0 Å². The number of aromatic nitrogens is 2. The van der Waals surface area contributed by atoms with E-state index in [2.05, 4.69) is 19.8 Å². The molecule has 2 aliphatic rings. The van der Waals surface area contributed by atoms with Crippen LogP contribution in [0.15, 0.2) is 35.2 Å². The first kappa shape index (κ1) is 16.7. The van der Waals surface area contributed by atoms with Gasteiger partial charge in [-0.05, 0) is 70.4 Å². The zero-order valence-electron chi connectivity index (χ0n) is 14.9. The van der Waals surface area contributed by atoms with Gasteiger partial charge in [0.05, 0.1) is 6.26 Å². The van der Waals surface area contributed by atoms with Gasteiger partial charge >= 0.3 is 0 Å². The van der Waals surface area contributed by atoms with Crippen molar-refractivity contribution in [3.8, 4) is 11.6 Å². The van der Waals surface area contributed by atoms with Crippen molar-refractivity contribution in [2.45, 2.75) is 51.1 Å². The molecule has 4 heterocycles. The fraction of sp³-hybridized carbons (Fsp3) is 0.600. The van der Waals surface area contributed by atoms with Crippen LogP contribution in [0.1, 0.15) is 44.1 Å². The van der Waals surface area contributed by atoms with Crippen LogP contribution in [0.2, 0.25) is 0 Å². The van der Waals surface area contributed by atoms with Crippen LogP contribution >= 0.6 is 0 Å². The van der Waals surface area contributed by atoms with Crippen LogP contribution in [0.5, 0.6) is 0 Å². The summed E-state index contributed by atoms with van der Waals surface area (Å²) in [4.78, 5) is 14.2. The largest absolute Gasteiger partial charge is 0.461 e. The highest BCUT2D eigenvalue weighted by atomic mass is 16.3. The van der Waals surface area contributed by atoms with E-state index < -0.39 is 0 Å². The van der Waals surface area contributed by atoms with Gasteiger partial charge in [-0.1, -0.05) is 6.42 Å². The Morgan fingerprint density at radius 3 is 2.60 bits per heavy atom. The Kier molecular flexibility index (Phi) is 5.43. The molecule has 0 bridgehead atoms. The van der Waals surface area contributed by atoms with Crippen molar-refractivity contribution >= 4 is 0 Å². The minimum absolute atomic E-state index is 0.665. The molecule has 2 saturated heterocycles. The van der Waals surface area contributed by atoms with Gasteiger partial charge in [0.15, 0.2) is 11.6 Å². The molecule has 0 radical (unpaired) electrons. The second-order valence-electron chi connectivity index (χ2n) is 7.35. The lowest BCUT2D eigenvalue weighted by atomic mass is 9.98. The van der Waals surface area contributed by atoms with Crippen molar-refractivity contribution in [1.29, 1.82) is 0 Å². The summed E-state index contributed by atoms with van der Waals surface area (Å²) in [6.07, 6.45) is 13.6. The Balaban J connectivity index is 1.35. The van der Waals surface area contributed by atoms with E-state index in [1.165, 1.54) is 70.3 Å². The zero-order chi connectivity index (χ0) is 16.9. The first-order valence-electron chi connectivity index (χ1n) is 9.70. The molecule has 2 fully saturated rings. The van der Waals surface area contributed by atoms with Gasteiger partial charge in [-0.3, -0.25) is 4.90 Å². The number of likely N-dealkylation sites (tertiary alicyclic amines) is 2. The fourth-order valence-electron chi connectivity index (χ4n) is 4.14. The molecule has 25 heavy (non-hydrogen) atoms. The Morgan fingerprint density at radius 1 is 1.04 bits per heavy atom. The van der Waals surface area contributed by atoms with Gasteiger partial charge in [-0.2, -0.15) is 0 Å². The number of rotatable bonds is 6.